The molecule has 0 unspecified atom stereocenters. The van der Waals surface area contributed by atoms with E-state index >= 15 is 0 Å². The highest BCUT2D eigenvalue weighted by Gasteiger charge is 1.97. The van der Waals surface area contributed by atoms with E-state index in [1.54, 1.807) is 20.0 Å². The van der Waals surface area contributed by atoms with Crippen molar-refractivity contribution in [3.05, 3.63) is 23.5 Å². The number of rotatable bonds is 3. The van der Waals surface area contributed by atoms with Crippen molar-refractivity contribution in [3.8, 4) is 0 Å². The van der Waals surface area contributed by atoms with Crippen LogP contribution in [0.3, 0.4) is 0 Å². The van der Waals surface area contributed by atoms with Crippen LogP contribution in [0.1, 0.15) is 6.92 Å². The minimum Gasteiger partial charge on any atom is -0.508 e. The van der Waals surface area contributed by atoms with E-state index in [4.69, 9.17) is 10.2 Å². The number of aliphatic hydroxyl groups is 2. The van der Waals surface area contributed by atoms with Gasteiger partial charge >= 0.3 is 0 Å². The average molecular weight is 155 g/mol. The molecule has 0 fully saturated rings. The van der Waals surface area contributed by atoms with Crippen LogP contribution in [0.15, 0.2) is 28.5 Å². The van der Waals surface area contributed by atoms with Gasteiger partial charge < -0.3 is 10.2 Å². The van der Waals surface area contributed by atoms with Gasteiger partial charge in [-0.25, -0.2) is 0 Å². The van der Waals surface area contributed by atoms with Crippen molar-refractivity contribution in [1.82, 2.24) is 0 Å². The Morgan fingerprint density at radius 1 is 1.55 bits per heavy atom. The number of aliphatic imine (C=N–C) groups is 1. The van der Waals surface area contributed by atoms with E-state index in [1.807, 2.05) is 0 Å². The average Bonchev–Trinajstić information content (AvgIpc) is 2.05. The zero-order chi connectivity index (χ0) is 8.69. The monoisotopic (exact) mass is 155 g/mol. The van der Waals surface area contributed by atoms with Crippen molar-refractivity contribution in [2.24, 2.45) is 4.99 Å². The fourth-order valence-corrected chi connectivity index (χ4v) is 0.569. The Bertz CT molecular complexity index is 192. The van der Waals surface area contributed by atoms with Crippen LogP contribution in [0, 0.1) is 0 Å². The molecule has 3 heteroatoms. The van der Waals surface area contributed by atoms with E-state index in [0.717, 1.165) is 0 Å². The normalized spacial score (nSPS) is 14.5. The highest BCUT2D eigenvalue weighted by molar-refractivity contribution is 5.73. The molecule has 0 aliphatic heterocycles. The van der Waals surface area contributed by atoms with Crippen LogP contribution >= 0.6 is 0 Å². The van der Waals surface area contributed by atoms with E-state index in [2.05, 4.69) is 4.99 Å². The van der Waals surface area contributed by atoms with Crippen LogP contribution in [-0.4, -0.2) is 30.1 Å². The van der Waals surface area contributed by atoms with Crippen LogP contribution in [0.4, 0.5) is 0 Å². The van der Waals surface area contributed by atoms with Crippen LogP contribution in [0.2, 0.25) is 0 Å². The molecule has 0 rings (SSSR count). The largest absolute Gasteiger partial charge is 0.508 e. The summed E-state index contributed by atoms with van der Waals surface area (Å²) in [5, 5.41) is 17.8. The van der Waals surface area contributed by atoms with E-state index in [9.17, 15) is 0 Å². The third-order valence-electron chi connectivity index (χ3n) is 1.20. The minimum atomic E-state index is -0.178. The third-order valence-corrected chi connectivity index (χ3v) is 1.20. The SMILES string of the molecule is C/C=C(O)\C(=C/C=NC)CO. The highest BCUT2D eigenvalue weighted by Crippen LogP contribution is 2.03. The van der Waals surface area contributed by atoms with Crippen LogP contribution in [0.5, 0.6) is 0 Å². The first kappa shape index (κ1) is 9.91. The molecule has 0 amide bonds. The molecule has 3 nitrogen and oxygen atoms in total. The molecule has 0 heterocycles. The summed E-state index contributed by atoms with van der Waals surface area (Å²) in [7, 11) is 1.62. The van der Waals surface area contributed by atoms with Crippen molar-refractivity contribution < 1.29 is 10.2 Å². The maximum Gasteiger partial charge on any atom is 0.116 e. The first-order valence-corrected chi connectivity index (χ1v) is 3.34. The lowest BCUT2D eigenvalue weighted by atomic mass is 10.2. The van der Waals surface area contributed by atoms with Gasteiger partial charge in [-0.2, -0.15) is 0 Å². The van der Waals surface area contributed by atoms with Crippen molar-refractivity contribution in [2.75, 3.05) is 13.7 Å². The summed E-state index contributed by atoms with van der Waals surface area (Å²) in [6, 6.07) is 0. The van der Waals surface area contributed by atoms with Gasteiger partial charge in [-0.05, 0) is 19.1 Å². The molecule has 11 heavy (non-hydrogen) atoms. The molecule has 0 atom stereocenters. The van der Waals surface area contributed by atoms with Crippen molar-refractivity contribution in [3.63, 3.8) is 0 Å². The van der Waals surface area contributed by atoms with Gasteiger partial charge in [-0.15, -0.1) is 0 Å². The smallest absolute Gasteiger partial charge is 0.116 e. The standard InChI is InChI=1S/C8H13NO2/c1-3-8(11)7(6-10)4-5-9-2/h3-5,10-11H,6H2,1-2H3/b7-4-,8-3+,9-5?. The van der Waals surface area contributed by atoms with E-state index in [1.165, 1.54) is 12.3 Å². The first-order chi connectivity index (χ1) is 5.26. The number of hydrogen-bond donors (Lipinski definition) is 2. The van der Waals surface area contributed by atoms with Gasteiger partial charge in [0.25, 0.3) is 0 Å². The Balaban J connectivity index is 4.39. The molecule has 62 valence electrons. The van der Waals surface area contributed by atoms with Crippen molar-refractivity contribution in [2.45, 2.75) is 6.92 Å². The Morgan fingerprint density at radius 3 is 2.55 bits per heavy atom. The maximum absolute atomic E-state index is 9.12. The summed E-state index contributed by atoms with van der Waals surface area (Å²) in [4.78, 5) is 3.69. The zero-order valence-corrected chi connectivity index (χ0v) is 6.78. The van der Waals surface area contributed by atoms with E-state index in [-0.39, 0.29) is 12.4 Å². The summed E-state index contributed by atoms with van der Waals surface area (Å²) in [5.74, 6) is 0.0902. The van der Waals surface area contributed by atoms with E-state index < -0.39 is 0 Å². The Kier molecular flexibility index (Phi) is 5.11. The highest BCUT2D eigenvalue weighted by atomic mass is 16.3. The Hall–Kier alpha value is -1.09. The fourth-order valence-electron chi connectivity index (χ4n) is 0.569. The molecule has 0 aromatic rings. The molecular formula is C8H13NO2. The van der Waals surface area contributed by atoms with Gasteiger partial charge in [0, 0.05) is 18.8 Å². The summed E-state index contributed by atoms with van der Waals surface area (Å²) in [5.41, 5.74) is 0.470. The third kappa shape index (κ3) is 3.57. The quantitative estimate of drug-likeness (QED) is 0.364. The Morgan fingerprint density at radius 2 is 2.18 bits per heavy atom. The minimum absolute atomic E-state index is 0.0902. The van der Waals surface area contributed by atoms with Gasteiger partial charge in [0.1, 0.15) is 5.76 Å². The number of hydrogen-bond acceptors (Lipinski definition) is 3. The van der Waals surface area contributed by atoms with Crippen LogP contribution in [0.25, 0.3) is 0 Å². The molecule has 0 aliphatic carbocycles. The van der Waals surface area contributed by atoms with Crippen molar-refractivity contribution in [1.29, 1.82) is 0 Å². The summed E-state index contributed by atoms with van der Waals surface area (Å²) in [6.07, 6.45) is 4.60. The second-order valence-corrected chi connectivity index (χ2v) is 1.93. The topological polar surface area (TPSA) is 52.8 Å². The Labute approximate surface area is 66.4 Å². The summed E-state index contributed by atoms with van der Waals surface area (Å²) >= 11 is 0. The molecule has 0 radical (unpaired) electrons. The lowest BCUT2D eigenvalue weighted by Crippen LogP contribution is -1.94. The van der Waals surface area contributed by atoms with Gasteiger partial charge in [-0.3, -0.25) is 4.99 Å². The molecular weight excluding hydrogens is 142 g/mol. The molecule has 2 N–H and O–H groups in total. The number of aliphatic hydroxyl groups excluding tert-OH is 2. The predicted molar refractivity (Wildman–Crippen MR) is 46.0 cm³/mol. The van der Waals surface area contributed by atoms with Crippen LogP contribution in [-0.2, 0) is 0 Å². The van der Waals surface area contributed by atoms with Gasteiger partial charge in [0.15, 0.2) is 0 Å². The summed E-state index contributed by atoms with van der Waals surface area (Å²) in [6.45, 7) is 1.52. The first-order valence-electron chi connectivity index (χ1n) is 3.34. The van der Waals surface area contributed by atoms with Gasteiger partial charge in [0.2, 0.25) is 0 Å². The predicted octanol–water partition coefficient (Wildman–Crippen LogP) is 1.07. The van der Waals surface area contributed by atoms with Crippen molar-refractivity contribution >= 4 is 6.21 Å². The lowest BCUT2D eigenvalue weighted by molar-refractivity contribution is 0.314. The maximum atomic E-state index is 9.12. The number of nitrogens with zero attached hydrogens (tertiary/aromatic N) is 1. The molecule has 0 bridgehead atoms. The molecule has 0 saturated heterocycles. The molecule has 0 saturated carbocycles. The molecule has 0 aliphatic rings. The zero-order valence-electron chi connectivity index (χ0n) is 6.78. The van der Waals surface area contributed by atoms with Crippen LogP contribution < -0.4 is 0 Å². The molecule has 0 spiro atoms. The van der Waals surface area contributed by atoms with E-state index in [0.29, 0.717) is 5.57 Å². The second kappa shape index (κ2) is 5.68. The lowest BCUT2D eigenvalue weighted by Gasteiger charge is -1.99. The summed E-state index contributed by atoms with van der Waals surface area (Å²) < 4.78 is 0. The molecule has 0 aromatic carbocycles. The van der Waals surface area contributed by atoms with Gasteiger partial charge in [0.05, 0.1) is 6.61 Å². The van der Waals surface area contributed by atoms with Gasteiger partial charge in [-0.1, -0.05) is 0 Å². The number of allylic oxidation sites excluding steroid dienone is 2. The second-order valence-electron chi connectivity index (χ2n) is 1.93. The molecule has 0 aromatic heterocycles. The fraction of sp³-hybridized carbons (Fsp3) is 0.375.